The maximum Gasteiger partial charge on any atom is 0.180 e. The standard InChI is InChI=1S/C26H28N8S2/c1-18-16-34-22(19-13-28-29-14-19)15-27-26(34)25(30-18)31-24-12-21(32-36-24)23(33-10-6-3-7-11-33)17-35-20-8-4-2-5-9-20/h2,4-5,8-9,12-16,23H,3,6-7,10-11,17H2,1H3,(H,28,29)(H,30,31). The van der Waals surface area contributed by atoms with E-state index in [1.165, 1.54) is 35.7 Å². The molecule has 0 spiro atoms. The zero-order chi connectivity index (χ0) is 24.3. The van der Waals surface area contributed by atoms with Crippen LogP contribution in [0.2, 0.25) is 0 Å². The molecule has 10 heteroatoms. The molecule has 1 fully saturated rings. The molecule has 1 aliphatic heterocycles. The van der Waals surface area contributed by atoms with Gasteiger partial charge in [0.1, 0.15) is 5.00 Å². The molecule has 8 nitrogen and oxygen atoms in total. The maximum absolute atomic E-state index is 4.91. The summed E-state index contributed by atoms with van der Waals surface area (Å²) in [7, 11) is 0. The third kappa shape index (κ3) is 4.88. The molecule has 1 atom stereocenters. The number of H-pyrrole nitrogens is 1. The number of imidazole rings is 1. The first-order valence-electron chi connectivity index (χ1n) is 12.2. The molecular formula is C26H28N8S2. The highest BCUT2D eigenvalue weighted by Gasteiger charge is 2.25. The molecule has 0 saturated carbocycles. The Bertz CT molecular complexity index is 1420. The van der Waals surface area contributed by atoms with Crippen LogP contribution in [0, 0.1) is 6.92 Å². The van der Waals surface area contributed by atoms with Crippen LogP contribution < -0.4 is 5.32 Å². The van der Waals surface area contributed by atoms with Gasteiger partial charge in [-0.15, -0.1) is 11.8 Å². The van der Waals surface area contributed by atoms with Crippen molar-refractivity contribution in [1.29, 1.82) is 0 Å². The van der Waals surface area contributed by atoms with E-state index >= 15 is 0 Å². The molecule has 0 amide bonds. The fourth-order valence-electron chi connectivity index (χ4n) is 4.72. The number of aryl methyl sites for hydroxylation is 1. The summed E-state index contributed by atoms with van der Waals surface area (Å²) in [5, 5.41) is 11.4. The molecule has 6 rings (SSSR count). The minimum absolute atomic E-state index is 0.284. The zero-order valence-electron chi connectivity index (χ0n) is 20.1. The number of likely N-dealkylation sites (tertiary alicyclic amines) is 1. The van der Waals surface area contributed by atoms with Gasteiger partial charge >= 0.3 is 0 Å². The Balaban J connectivity index is 1.26. The topological polar surface area (TPSA) is 87.0 Å². The number of hydrogen-bond donors (Lipinski definition) is 2. The summed E-state index contributed by atoms with van der Waals surface area (Å²) in [6, 6.07) is 13.1. The molecule has 184 valence electrons. The van der Waals surface area contributed by atoms with Gasteiger partial charge in [-0.25, -0.2) is 9.97 Å². The molecule has 0 aliphatic carbocycles. The number of piperidine rings is 1. The number of aromatic nitrogens is 6. The van der Waals surface area contributed by atoms with E-state index in [1.807, 2.05) is 37.3 Å². The zero-order valence-corrected chi connectivity index (χ0v) is 21.7. The Morgan fingerprint density at radius 2 is 2.00 bits per heavy atom. The first-order chi connectivity index (χ1) is 17.7. The second kappa shape index (κ2) is 10.4. The second-order valence-electron chi connectivity index (χ2n) is 9.03. The van der Waals surface area contributed by atoms with Gasteiger partial charge in [0.15, 0.2) is 11.5 Å². The van der Waals surface area contributed by atoms with Crippen molar-refractivity contribution in [2.75, 3.05) is 24.2 Å². The van der Waals surface area contributed by atoms with Gasteiger partial charge in [0.05, 0.1) is 35.5 Å². The molecule has 1 aromatic carbocycles. The summed E-state index contributed by atoms with van der Waals surface area (Å²) in [4.78, 5) is 13.3. The summed E-state index contributed by atoms with van der Waals surface area (Å²) < 4.78 is 6.97. The lowest BCUT2D eigenvalue weighted by Crippen LogP contribution is -2.35. The van der Waals surface area contributed by atoms with Crippen molar-refractivity contribution < 1.29 is 0 Å². The highest BCUT2D eigenvalue weighted by atomic mass is 32.2. The van der Waals surface area contributed by atoms with Gasteiger partial charge in [-0.2, -0.15) is 9.47 Å². The van der Waals surface area contributed by atoms with E-state index in [2.05, 4.69) is 66.2 Å². The summed E-state index contributed by atoms with van der Waals surface area (Å²) in [5.41, 5.74) is 4.76. The van der Waals surface area contributed by atoms with Crippen LogP contribution in [0.5, 0.6) is 0 Å². The smallest absolute Gasteiger partial charge is 0.180 e. The highest BCUT2D eigenvalue weighted by Crippen LogP contribution is 2.34. The molecule has 36 heavy (non-hydrogen) atoms. The van der Waals surface area contributed by atoms with Crippen LogP contribution in [0.1, 0.15) is 36.7 Å². The van der Waals surface area contributed by atoms with Crippen molar-refractivity contribution >= 4 is 39.8 Å². The lowest BCUT2D eigenvalue weighted by atomic mass is 10.1. The number of hydrogen-bond acceptors (Lipinski definition) is 8. The Kier molecular flexibility index (Phi) is 6.71. The minimum Gasteiger partial charge on any atom is -0.328 e. The lowest BCUT2D eigenvalue weighted by molar-refractivity contribution is 0.175. The van der Waals surface area contributed by atoms with E-state index < -0.39 is 0 Å². The third-order valence-corrected chi connectivity index (χ3v) is 8.31. The van der Waals surface area contributed by atoms with Gasteiger partial charge in [0, 0.05) is 28.6 Å². The molecule has 1 unspecified atom stereocenters. The average molecular weight is 517 g/mol. The van der Waals surface area contributed by atoms with E-state index in [9.17, 15) is 0 Å². The van der Waals surface area contributed by atoms with Crippen molar-refractivity contribution in [1.82, 2.24) is 33.8 Å². The molecule has 4 aromatic heterocycles. The van der Waals surface area contributed by atoms with Crippen molar-refractivity contribution in [3.63, 3.8) is 0 Å². The SMILES string of the molecule is Cc1cn2c(-c3cn[nH]c3)cnc2c(Nc2cc(C(CSc3ccccc3)N3CCCCC3)ns2)n1. The summed E-state index contributed by atoms with van der Waals surface area (Å²) in [6.07, 6.45) is 11.4. The third-order valence-electron chi connectivity index (χ3n) is 6.50. The Hall–Kier alpha value is -3.21. The van der Waals surface area contributed by atoms with Crippen LogP contribution in [0.25, 0.3) is 16.9 Å². The Morgan fingerprint density at radius 3 is 2.81 bits per heavy atom. The van der Waals surface area contributed by atoms with Crippen molar-refractivity contribution in [2.45, 2.75) is 37.1 Å². The van der Waals surface area contributed by atoms with Gasteiger partial charge in [-0.05, 0) is 62.6 Å². The van der Waals surface area contributed by atoms with E-state index in [0.29, 0.717) is 0 Å². The fourth-order valence-corrected chi connectivity index (χ4v) is 6.49. The largest absolute Gasteiger partial charge is 0.328 e. The van der Waals surface area contributed by atoms with E-state index in [4.69, 9.17) is 9.36 Å². The van der Waals surface area contributed by atoms with Crippen LogP contribution in [-0.2, 0) is 0 Å². The fraction of sp³-hybridized carbons (Fsp3) is 0.308. The molecule has 0 radical (unpaired) electrons. The van der Waals surface area contributed by atoms with Gasteiger partial charge in [-0.1, -0.05) is 24.6 Å². The number of anilines is 2. The molecule has 5 heterocycles. The Morgan fingerprint density at radius 1 is 1.14 bits per heavy atom. The van der Waals surface area contributed by atoms with E-state index in [1.54, 1.807) is 6.20 Å². The average Bonchev–Trinajstić information content (AvgIpc) is 3.67. The first-order valence-corrected chi connectivity index (χ1v) is 14.0. The van der Waals surface area contributed by atoms with E-state index in [-0.39, 0.29) is 6.04 Å². The van der Waals surface area contributed by atoms with Crippen molar-refractivity contribution in [3.8, 4) is 11.3 Å². The number of benzene rings is 1. The minimum atomic E-state index is 0.284. The van der Waals surface area contributed by atoms with Crippen LogP contribution in [0.15, 0.2) is 66.1 Å². The summed E-state index contributed by atoms with van der Waals surface area (Å²) in [6.45, 7) is 4.26. The maximum atomic E-state index is 4.91. The first kappa shape index (κ1) is 23.2. The van der Waals surface area contributed by atoms with Gasteiger partial charge in [0.25, 0.3) is 0 Å². The molecule has 1 saturated heterocycles. The molecule has 1 aliphatic rings. The van der Waals surface area contributed by atoms with Crippen LogP contribution in [-0.4, -0.2) is 52.7 Å². The number of rotatable bonds is 8. The number of thioether (sulfide) groups is 1. The molecular weight excluding hydrogens is 488 g/mol. The second-order valence-corrected chi connectivity index (χ2v) is 10.9. The van der Waals surface area contributed by atoms with Crippen molar-refractivity contribution in [3.05, 3.63) is 72.6 Å². The predicted octanol–water partition coefficient (Wildman–Crippen LogP) is 5.95. The number of fused-ring (bicyclic) bond motifs is 1. The number of aromatic amines is 1. The quantitative estimate of drug-likeness (QED) is 0.247. The highest BCUT2D eigenvalue weighted by molar-refractivity contribution is 7.99. The van der Waals surface area contributed by atoms with Crippen LogP contribution >= 0.6 is 23.3 Å². The van der Waals surface area contributed by atoms with E-state index in [0.717, 1.165) is 58.0 Å². The molecule has 5 aromatic rings. The summed E-state index contributed by atoms with van der Waals surface area (Å²) in [5.74, 6) is 1.71. The molecule has 0 bridgehead atoms. The van der Waals surface area contributed by atoms with Gasteiger partial charge in [-0.3, -0.25) is 14.4 Å². The number of nitrogens with zero attached hydrogens (tertiary/aromatic N) is 6. The van der Waals surface area contributed by atoms with Crippen LogP contribution in [0.3, 0.4) is 0 Å². The lowest BCUT2D eigenvalue weighted by Gasteiger charge is -2.33. The van der Waals surface area contributed by atoms with Crippen molar-refractivity contribution in [2.24, 2.45) is 0 Å². The van der Waals surface area contributed by atoms with Gasteiger partial charge in [0.2, 0.25) is 0 Å². The monoisotopic (exact) mass is 516 g/mol. The predicted molar refractivity (Wildman–Crippen MR) is 146 cm³/mol. The number of nitrogens with one attached hydrogen (secondary N) is 2. The summed E-state index contributed by atoms with van der Waals surface area (Å²) >= 11 is 3.39. The van der Waals surface area contributed by atoms with Crippen LogP contribution in [0.4, 0.5) is 10.8 Å². The van der Waals surface area contributed by atoms with Gasteiger partial charge < -0.3 is 5.32 Å². The normalized spacial score (nSPS) is 15.4. The molecule has 2 N–H and O–H groups in total. The Labute approximate surface area is 218 Å².